The Balaban J connectivity index is 2.19. The summed E-state index contributed by atoms with van der Waals surface area (Å²) >= 11 is 6.25. The fourth-order valence-corrected chi connectivity index (χ4v) is 3.06. The van der Waals surface area contributed by atoms with Crippen molar-refractivity contribution in [2.24, 2.45) is 0 Å². The van der Waals surface area contributed by atoms with Crippen molar-refractivity contribution in [1.29, 1.82) is 0 Å². The van der Waals surface area contributed by atoms with Gasteiger partial charge in [-0.2, -0.15) is 0 Å². The van der Waals surface area contributed by atoms with Crippen LogP contribution >= 0.6 is 11.6 Å². The van der Waals surface area contributed by atoms with Gasteiger partial charge in [-0.3, -0.25) is 4.98 Å². The van der Waals surface area contributed by atoms with Crippen molar-refractivity contribution in [2.45, 2.75) is 27.2 Å². The number of para-hydroxylation sites is 1. The molecular weight excluding hydrogens is 348 g/mol. The Morgan fingerprint density at radius 2 is 2.04 bits per heavy atom. The fraction of sp³-hybridized carbons (Fsp3) is 0.238. The molecule has 1 N–H and O–H groups in total. The number of pyridine rings is 1. The van der Waals surface area contributed by atoms with Crippen molar-refractivity contribution in [2.75, 3.05) is 11.9 Å². The predicted octanol–water partition coefficient (Wildman–Crippen LogP) is 5.68. The quantitative estimate of drug-likeness (QED) is 0.588. The minimum Gasteiger partial charge on any atom is -0.462 e. The van der Waals surface area contributed by atoms with E-state index in [9.17, 15) is 4.79 Å². The van der Waals surface area contributed by atoms with Gasteiger partial charge in [0.15, 0.2) is 0 Å². The first-order chi connectivity index (χ1) is 12.5. The second-order valence-electron chi connectivity index (χ2n) is 6.02. The summed E-state index contributed by atoms with van der Waals surface area (Å²) in [6.07, 6.45) is 2.44. The monoisotopic (exact) mass is 368 g/mol. The number of nitrogens with zero attached hydrogens (tertiary/aromatic N) is 1. The second kappa shape index (κ2) is 7.75. The third-order valence-corrected chi connectivity index (χ3v) is 4.71. The lowest BCUT2D eigenvalue weighted by Gasteiger charge is -2.16. The average molecular weight is 369 g/mol. The van der Waals surface area contributed by atoms with Crippen LogP contribution < -0.4 is 5.32 Å². The van der Waals surface area contributed by atoms with Gasteiger partial charge >= 0.3 is 5.97 Å². The first kappa shape index (κ1) is 18.2. The molecule has 0 atom stereocenters. The molecule has 0 aliphatic heterocycles. The number of hydrogen-bond donors (Lipinski definition) is 1. The maximum Gasteiger partial charge on any atom is 0.341 e. The van der Waals surface area contributed by atoms with Crippen LogP contribution in [0.1, 0.15) is 35.3 Å². The third-order valence-electron chi connectivity index (χ3n) is 4.30. The maximum atomic E-state index is 12.4. The number of esters is 1. The van der Waals surface area contributed by atoms with E-state index in [0.29, 0.717) is 22.9 Å². The molecule has 0 saturated heterocycles. The first-order valence-electron chi connectivity index (χ1n) is 8.66. The van der Waals surface area contributed by atoms with Crippen LogP contribution in [0.4, 0.5) is 11.4 Å². The molecular formula is C21H21ClN2O2. The zero-order chi connectivity index (χ0) is 18.7. The summed E-state index contributed by atoms with van der Waals surface area (Å²) in [5, 5.41) is 4.90. The lowest BCUT2D eigenvalue weighted by atomic mass is 10.0. The van der Waals surface area contributed by atoms with Gasteiger partial charge in [-0.15, -0.1) is 0 Å². The fourth-order valence-electron chi connectivity index (χ4n) is 2.88. The Labute approximate surface area is 158 Å². The molecule has 0 aliphatic rings. The van der Waals surface area contributed by atoms with E-state index in [4.69, 9.17) is 16.3 Å². The number of hydrogen-bond acceptors (Lipinski definition) is 4. The first-order valence-corrected chi connectivity index (χ1v) is 9.03. The maximum absolute atomic E-state index is 12.4. The molecule has 1 heterocycles. The molecule has 0 amide bonds. The number of aryl methyl sites for hydroxylation is 2. The lowest BCUT2D eigenvalue weighted by molar-refractivity contribution is 0.0527. The normalized spacial score (nSPS) is 10.8. The van der Waals surface area contributed by atoms with Crippen LogP contribution in [0.2, 0.25) is 5.02 Å². The summed E-state index contributed by atoms with van der Waals surface area (Å²) in [6, 6.07) is 11.7. The van der Waals surface area contributed by atoms with E-state index in [1.165, 1.54) is 0 Å². The smallest absolute Gasteiger partial charge is 0.341 e. The van der Waals surface area contributed by atoms with E-state index in [0.717, 1.165) is 34.1 Å². The van der Waals surface area contributed by atoms with Crippen molar-refractivity contribution in [3.8, 4) is 0 Å². The third kappa shape index (κ3) is 3.51. The molecule has 2 aromatic carbocycles. The van der Waals surface area contributed by atoms with Crippen molar-refractivity contribution in [3.63, 3.8) is 0 Å². The number of halogens is 1. The molecule has 134 valence electrons. The molecule has 0 radical (unpaired) electrons. The largest absolute Gasteiger partial charge is 0.462 e. The number of rotatable bonds is 5. The summed E-state index contributed by atoms with van der Waals surface area (Å²) in [7, 11) is 0. The molecule has 0 aliphatic carbocycles. The molecule has 0 spiro atoms. The summed E-state index contributed by atoms with van der Waals surface area (Å²) in [6.45, 7) is 6.13. The van der Waals surface area contributed by atoms with Crippen LogP contribution in [0.5, 0.6) is 0 Å². The van der Waals surface area contributed by atoms with E-state index >= 15 is 0 Å². The van der Waals surface area contributed by atoms with Gasteiger partial charge in [-0.05, 0) is 43.5 Å². The van der Waals surface area contributed by atoms with Gasteiger partial charge in [0.2, 0.25) is 0 Å². The van der Waals surface area contributed by atoms with E-state index in [1.54, 1.807) is 13.1 Å². The number of carbonyl (C=O) groups excluding carboxylic acids is 1. The summed E-state index contributed by atoms with van der Waals surface area (Å²) < 4.78 is 5.21. The van der Waals surface area contributed by atoms with Crippen molar-refractivity contribution in [1.82, 2.24) is 4.98 Å². The highest BCUT2D eigenvalue weighted by Crippen LogP contribution is 2.32. The highest BCUT2D eigenvalue weighted by atomic mass is 35.5. The zero-order valence-electron chi connectivity index (χ0n) is 15.1. The van der Waals surface area contributed by atoms with E-state index in [1.807, 2.05) is 43.3 Å². The van der Waals surface area contributed by atoms with Crippen LogP contribution in [0, 0.1) is 6.92 Å². The number of ether oxygens (including phenoxy) is 1. The minimum absolute atomic E-state index is 0.307. The van der Waals surface area contributed by atoms with Crippen LogP contribution in [0.3, 0.4) is 0 Å². The lowest BCUT2D eigenvalue weighted by Crippen LogP contribution is -2.09. The van der Waals surface area contributed by atoms with Gasteiger partial charge in [-0.25, -0.2) is 4.79 Å². The number of aromatic nitrogens is 1. The minimum atomic E-state index is -0.399. The Morgan fingerprint density at radius 3 is 2.73 bits per heavy atom. The molecule has 0 saturated carbocycles. The number of benzene rings is 2. The predicted molar refractivity (Wildman–Crippen MR) is 107 cm³/mol. The van der Waals surface area contributed by atoms with Crippen LogP contribution in [-0.4, -0.2) is 17.6 Å². The van der Waals surface area contributed by atoms with Crippen LogP contribution in [0.25, 0.3) is 10.9 Å². The molecule has 0 unspecified atom stereocenters. The highest BCUT2D eigenvalue weighted by molar-refractivity contribution is 6.31. The molecule has 3 rings (SSSR count). The standard InChI is InChI=1S/C21H21ClN2O2/c1-4-14-7-6-8-16-19(14)23-12-17(21(25)26-5-2)20(16)24-15-10-9-13(3)18(22)11-15/h6-12H,4-5H2,1-3H3,(H,23,24). The molecule has 0 bridgehead atoms. The van der Waals surface area contributed by atoms with Gasteiger partial charge in [-0.1, -0.05) is 42.8 Å². The van der Waals surface area contributed by atoms with E-state index < -0.39 is 5.97 Å². The summed E-state index contributed by atoms with van der Waals surface area (Å²) in [4.78, 5) is 17.0. The Hall–Kier alpha value is -2.59. The molecule has 26 heavy (non-hydrogen) atoms. The van der Waals surface area contributed by atoms with Crippen LogP contribution in [-0.2, 0) is 11.2 Å². The molecule has 1 aromatic heterocycles. The van der Waals surface area contributed by atoms with Crippen molar-refractivity contribution in [3.05, 3.63) is 64.3 Å². The van der Waals surface area contributed by atoms with Crippen LogP contribution in [0.15, 0.2) is 42.6 Å². The summed E-state index contributed by atoms with van der Waals surface area (Å²) in [5.41, 5.74) is 4.90. The van der Waals surface area contributed by atoms with Gasteiger partial charge in [0, 0.05) is 22.3 Å². The zero-order valence-corrected chi connectivity index (χ0v) is 15.9. The number of nitrogens with one attached hydrogen (secondary N) is 1. The second-order valence-corrected chi connectivity index (χ2v) is 6.43. The topological polar surface area (TPSA) is 51.2 Å². The average Bonchev–Trinajstić information content (AvgIpc) is 2.64. The van der Waals surface area contributed by atoms with E-state index in [-0.39, 0.29) is 0 Å². The number of fused-ring (bicyclic) bond motifs is 1. The number of anilines is 2. The van der Waals surface area contributed by atoms with E-state index in [2.05, 4.69) is 17.2 Å². The molecule has 5 heteroatoms. The SMILES string of the molecule is CCOC(=O)c1cnc2c(CC)cccc2c1Nc1ccc(C)c(Cl)c1. The molecule has 0 fully saturated rings. The Kier molecular flexibility index (Phi) is 5.43. The van der Waals surface area contributed by atoms with Gasteiger partial charge in [0.05, 0.1) is 17.8 Å². The summed E-state index contributed by atoms with van der Waals surface area (Å²) in [5.74, 6) is -0.399. The van der Waals surface area contributed by atoms with Crippen molar-refractivity contribution >= 4 is 39.8 Å². The van der Waals surface area contributed by atoms with Gasteiger partial charge in [0.25, 0.3) is 0 Å². The Bertz CT molecular complexity index is 970. The highest BCUT2D eigenvalue weighted by Gasteiger charge is 2.18. The van der Waals surface area contributed by atoms with Crippen molar-refractivity contribution < 1.29 is 9.53 Å². The Morgan fingerprint density at radius 1 is 1.23 bits per heavy atom. The van der Waals surface area contributed by atoms with Gasteiger partial charge < -0.3 is 10.1 Å². The van der Waals surface area contributed by atoms with Gasteiger partial charge in [0.1, 0.15) is 5.56 Å². The number of carbonyl (C=O) groups is 1. The molecule has 4 nitrogen and oxygen atoms in total. The molecule has 3 aromatic rings.